The minimum atomic E-state index is 0.581. The first-order chi connectivity index (χ1) is 12.3. The molecule has 1 fully saturated rings. The number of aromatic nitrogens is 3. The Morgan fingerprint density at radius 2 is 1.92 bits per heavy atom. The molecule has 130 valence electrons. The summed E-state index contributed by atoms with van der Waals surface area (Å²) >= 11 is 0. The van der Waals surface area contributed by atoms with Gasteiger partial charge in [-0.1, -0.05) is 37.3 Å². The van der Waals surface area contributed by atoms with Gasteiger partial charge in [0, 0.05) is 23.2 Å². The second-order valence-corrected chi connectivity index (χ2v) is 7.23. The van der Waals surface area contributed by atoms with Crippen molar-refractivity contribution in [1.82, 2.24) is 20.1 Å². The zero-order valence-electron chi connectivity index (χ0n) is 14.9. The minimum Gasteiger partial charge on any atom is -0.303 e. The molecule has 0 amide bonds. The Kier molecular flexibility index (Phi) is 4.79. The molecule has 2 aromatic heterocycles. The van der Waals surface area contributed by atoms with E-state index in [1.165, 1.54) is 55.5 Å². The summed E-state index contributed by atoms with van der Waals surface area (Å²) in [4.78, 5) is 6.95. The third kappa shape index (κ3) is 3.59. The maximum atomic E-state index is 4.36. The molecule has 1 saturated heterocycles. The van der Waals surface area contributed by atoms with Gasteiger partial charge in [0.05, 0.1) is 0 Å². The maximum Gasteiger partial charge on any atom is 0.181 e. The average Bonchev–Trinajstić information content (AvgIpc) is 3.11. The molecule has 1 aliphatic heterocycles. The summed E-state index contributed by atoms with van der Waals surface area (Å²) in [6.07, 6.45) is 5.44. The quantitative estimate of drug-likeness (QED) is 0.755. The van der Waals surface area contributed by atoms with E-state index >= 15 is 0 Å². The first-order valence-electron chi connectivity index (χ1n) is 9.37. The van der Waals surface area contributed by atoms with Crippen molar-refractivity contribution in [2.24, 2.45) is 0 Å². The van der Waals surface area contributed by atoms with Crippen LogP contribution in [-0.2, 0) is 0 Å². The summed E-state index contributed by atoms with van der Waals surface area (Å²) in [5.74, 6) is 1.21. The predicted molar refractivity (Wildman–Crippen MR) is 102 cm³/mol. The molecular weight excluding hydrogens is 308 g/mol. The molecule has 4 nitrogen and oxygen atoms in total. The van der Waals surface area contributed by atoms with Gasteiger partial charge in [-0.25, -0.2) is 4.98 Å². The highest BCUT2D eigenvalue weighted by Crippen LogP contribution is 2.31. The Morgan fingerprint density at radius 3 is 2.72 bits per heavy atom. The van der Waals surface area contributed by atoms with Gasteiger partial charge in [0.2, 0.25) is 0 Å². The molecule has 1 unspecified atom stereocenters. The molecule has 0 bridgehead atoms. The third-order valence-electron chi connectivity index (χ3n) is 5.60. The fourth-order valence-corrected chi connectivity index (χ4v) is 3.95. The molecule has 0 saturated carbocycles. The van der Waals surface area contributed by atoms with Gasteiger partial charge in [-0.15, -0.1) is 0 Å². The normalized spacial score (nSPS) is 17.8. The van der Waals surface area contributed by atoms with Gasteiger partial charge in [0.25, 0.3) is 0 Å². The molecule has 25 heavy (non-hydrogen) atoms. The Hall–Kier alpha value is -2.20. The highest BCUT2D eigenvalue weighted by Gasteiger charge is 2.24. The number of benzene rings is 1. The van der Waals surface area contributed by atoms with Gasteiger partial charge in [-0.3, -0.25) is 5.10 Å². The number of nitrogens with one attached hydrogen (secondary N) is 1. The Labute approximate surface area is 149 Å². The topological polar surface area (TPSA) is 44.8 Å². The maximum absolute atomic E-state index is 4.36. The van der Waals surface area contributed by atoms with Gasteiger partial charge in [-0.05, 0) is 62.5 Å². The predicted octanol–water partition coefficient (Wildman–Crippen LogP) is 4.33. The van der Waals surface area contributed by atoms with Gasteiger partial charge in [0.15, 0.2) is 5.65 Å². The lowest BCUT2D eigenvalue weighted by atomic mass is 9.91. The Balaban J connectivity index is 1.31. The lowest BCUT2D eigenvalue weighted by molar-refractivity contribution is 0.205. The zero-order valence-corrected chi connectivity index (χ0v) is 14.9. The van der Waals surface area contributed by atoms with Gasteiger partial charge in [-0.2, -0.15) is 5.10 Å². The van der Waals surface area contributed by atoms with Crippen molar-refractivity contribution in [2.45, 2.75) is 38.0 Å². The number of rotatable bonds is 5. The molecule has 0 aliphatic carbocycles. The first kappa shape index (κ1) is 16.3. The molecule has 4 rings (SSSR count). The van der Waals surface area contributed by atoms with Crippen molar-refractivity contribution in [3.63, 3.8) is 0 Å². The van der Waals surface area contributed by atoms with Gasteiger partial charge < -0.3 is 4.90 Å². The van der Waals surface area contributed by atoms with E-state index in [0.717, 1.165) is 5.65 Å². The largest absolute Gasteiger partial charge is 0.303 e. The molecule has 1 aliphatic rings. The molecule has 0 radical (unpaired) electrons. The summed E-state index contributed by atoms with van der Waals surface area (Å²) in [6.45, 7) is 5.87. The minimum absolute atomic E-state index is 0.581. The first-order valence-corrected chi connectivity index (χ1v) is 9.37. The van der Waals surface area contributed by atoms with E-state index in [0.29, 0.717) is 11.8 Å². The van der Waals surface area contributed by atoms with E-state index in [2.05, 4.69) is 63.4 Å². The summed E-state index contributed by atoms with van der Waals surface area (Å²) < 4.78 is 0. The number of hydrogen-bond acceptors (Lipinski definition) is 3. The van der Waals surface area contributed by atoms with E-state index in [-0.39, 0.29) is 0 Å². The van der Waals surface area contributed by atoms with Crippen molar-refractivity contribution in [3.05, 3.63) is 59.9 Å². The van der Waals surface area contributed by atoms with Crippen LogP contribution in [-0.4, -0.2) is 39.7 Å². The molecule has 1 N–H and O–H groups in total. The van der Waals surface area contributed by atoms with E-state index in [1.807, 2.05) is 12.3 Å². The van der Waals surface area contributed by atoms with E-state index in [1.54, 1.807) is 0 Å². The number of piperidine rings is 1. The Morgan fingerprint density at radius 1 is 1.12 bits per heavy atom. The van der Waals surface area contributed by atoms with Crippen LogP contribution in [0.3, 0.4) is 0 Å². The average molecular weight is 334 g/mol. The number of fused-ring (bicyclic) bond motifs is 1. The number of H-pyrrole nitrogens is 1. The highest BCUT2D eigenvalue weighted by atomic mass is 15.2. The monoisotopic (exact) mass is 334 g/mol. The number of likely N-dealkylation sites (tertiary alicyclic amines) is 1. The third-order valence-corrected chi connectivity index (χ3v) is 5.60. The lowest BCUT2D eigenvalue weighted by Gasteiger charge is -2.32. The van der Waals surface area contributed by atoms with Gasteiger partial charge in [0.1, 0.15) is 0 Å². The van der Waals surface area contributed by atoms with Gasteiger partial charge >= 0.3 is 0 Å². The number of pyridine rings is 1. The van der Waals surface area contributed by atoms with Crippen LogP contribution in [0, 0.1) is 0 Å². The molecule has 1 atom stereocenters. The van der Waals surface area contributed by atoms with Crippen molar-refractivity contribution in [3.8, 4) is 0 Å². The molecule has 4 heteroatoms. The fraction of sp³-hybridized carbons (Fsp3) is 0.429. The zero-order chi connectivity index (χ0) is 17.1. The lowest BCUT2D eigenvalue weighted by Crippen LogP contribution is -2.34. The van der Waals surface area contributed by atoms with E-state index in [4.69, 9.17) is 0 Å². The molecular formula is C21H26N4. The molecule has 3 heterocycles. The van der Waals surface area contributed by atoms with Crippen LogP contribution in [0.15, 0.2) is 48.7 Å². The summed E-state index contributed by atoms with van der Waals surface area (Å²) in [5, 5.41) is 8.79. The Bertz CT molecular complexity index is 803. The van der Waals surface area contributed by atoms with Crippen LogP contribution in [0.2, 0.25) is 0 Å². The van der Waals surface area contributed by atoms with Crippen LogP contribution in [0.5, 0.6) is 0 Å². The van der Waals surface area contributed by atoms with Crippen LogP contribution < -0.4 is 0 Å². The highest BCUT2D eigenvalue weighted by molar-refractivity contribution is 5.77. The number of nitrogens with zero attached hydrogens (tertiary/aromatic N) is 3. The SMILES string of the molecule is CC(CCN1CCC(c2[nH]nc3ncccc23)CC1)c1ccccc1. The van der Waals surface area contributed by atoms with Crippen molar-refractivity contribution in [1.29, 1.82) is 0 Å². The van der Waals surface area contributed by atoms with Crippen LogP contribution >= 0.6 is 0 Å². The van der Waals surface area contributed by atoms with Crippen LogP contribution in [0.25, 0.3) is 11.0 Å². The van der Waals surface area contributed by atoms with Crippen LogP contribution in [0.4, 0.5) is 0 Å². The van der Waals surface area contributed by atoms with E-state index in [9.17, 15) is 0 Å². The van der Waals surface area contributed by atoms with Crippen LogP contribution in [0.1, 0.15) is 49.3 Å². The second kappa shape index (κ2) is 7.36. The van der Waals surface area contributed by atoms with Crippen molar-refractivity contribution >= 4 is 11.0 Å². The summed E-state index contributed by atoms with van der Waals surface area (Å²) in [5.41, 5.74) is 3.57. The standard InChI is InChI=1S/C21H26N4/c1-16(17-6-3-2-4-7-17)9-13-25-14-10-18(11-15-25)20-19-8-5-12-22-21(19)24-23-20/h2-8,12,16,18H,9-11,13-15H2,1H3,(H,22,23,24). The van der Waals surface area contributed by atoms with Crippen molar-refractivity contribution in [2.75, 3.05) is 19.6 Å². The second-order valence-electron chi connectivity index (χ2n) is 7.23. The summed E-state index contributed by atoms with van der Waals surface area (Å²) in [7, 11) is 0. The number of hydrogen-bond donors (Lipinski definition) is 1. The molecule has 1 aromatic carbocycles. The van der Waals surface area contributed by atoms with Crippen molar-refractivity contribution < 1.29 is 0 Å². The number of aromatic amines is 1. The smallest absolute Gasteiger partial charge is 0.181 e. The molecule has 0 spiro atoms. The molecule has 3 aromatic rings. The van der Waals surface area contributed by atoms with E-state index < -0.39 is 0 Å². The fourth-order valence-electron chi connectivity index (χ4n) is 3.95. The summed E-state index contributed by atoms with van der Waals surface area (Å²) in [6, 6.07) is 15.0.